The van der Waals surface area contributed by atoms with Crippen LogP contribution in [0, 0.1) is 0 Å². The molecule has 0 radical (unpaired) electrons. The van der Waals surface area contributed by atoms with Crippen LogP contribution >= 0.6 is 0 Å². The van der Waals surface area contributed by atoms with Gasteiger partial charge in [-0.2, -0.15) is 0 Å². The Morgan fingerprint density at radius 2 is 2.00 bits per heavy atom. The summed E-state index contributed by atoms with van der Waals surface area (Å²) in [5.41, 5.74) is -0.01000. The van der Waals surface area contributed by atoms with E-state index in [2.05, 4.69) is 5.32 Å². The molecule has 15 heavy (non-hydrogen) atoms. The first-order valence-electron chi connectivity index (χ1n) is 5.36. The third-order valence-electron chi connectivity index (χ3n) is 3.19. The van der Waals surface area contributed by atoms with Crippen LogP contribution in [0.3, 0.4) is 0 Å². The number of rotatable bonds is 2. The van der Waals surface area contributed by atoms with Crippen LogP contribution < -0.4 is 5.32 Å². The quantitative estimate of drug-likeness (QED) is 0.686. The molecule has 2 rings (SSSR count). The maximum atomic E-state index is 10.4. The predicted octanol–water partition coefficient (Wildman–Crippen LogP) is 1.35. The molecular weight excluding hydrogens is 190 g/mol. The Kier molecular flexibility index (Phi) is 2.67. The number of benzene rings is 1. The Bertz CT molecular complexity index is 326. The predicted molar refractivity (Wildman–Crippen MR) is 58.7 cm³/mol. The van der Waals surface area contributed by atoms with Crippen LogP contribution in [0.5, 0.6) is 5.75 Å². The minimum atomic E-state index is -0.857. The van der Waals surface area contributed by atoms with Gasteiger partial charge in [0.15, 0.2) is 0 Å². The van der Waals surface area contributed by atoms with E-state index in [0.717, 1.165) is 24.9 Å². The van der Waals surface area contributed by atoms with Gasteiger partial charge in [-0.25, -0.2) is 0 Å². The van der Waals surface area contributed by atoms with Crippen LogP contribution in [0.15, 0.2) is 24.3 Å². The molecule has 0 aliphatic carbocycles. The molecule has 3 nitrogen and oxygen atoms in total. The standard InChI is InChI=1S/C12H17NO2/c1-12(15,11-3-2-8-13-11)9-4-6-10(14)7-5-9/h4-7,11,13-15H,2-3,8H2,1H3. The Morgan fingerprint density at radius 3 is 2.53 bits per heavy atom. The average molecular weight is 207 g/mol. The summed E-state index contributed by atoms with van der Waals surface area (Å²) in [5.74, 6) is 0.230. The molecule has 82 valence electrons. The number of hydrogen-bond donors (Lipinski definition) is 3. The zero-order valence-corrected chi connectivity index (χ0v) is 8.90. The second-order valence-electron chi connectivity index (χ2n) is 4.34. The molecule has 0 aromatic heterocycles. The van der Waals surface area contributed by atoms with Crippen LogP contribution in [0.4, 0.5) is 0 Å². The van der Waals surface area contributed by atoms with Crippen molar-refractivity contribution in [3.8, 4) is 5.75 Å². The van der Waals surface area contributed by atoms with Crippen LogP contribution in [0.25, 0.3) is 0 Å². The first-order chi connectivity index (χ1) is 7.10. The van der Waals surface area contributed by atoms with Gasteiger partial charge in [0.1, 0.15) is 11.4 Å². The van der Waals surface area contributed by atoms with Crippen molar-refractivity contribution in [2.45, 2.75) is 31.4 Å². The topological polar surface area (TPSA) is 52.5 Å². The summed E-state index contributed by atoms with van der Waals surface area (Å²) >= 11 is 0. The van der Waals surface area contributed by atoms with Gasteiger partial charge in [-0.1, -0.05) is 12.1 Å². The zero-order chi connectivity index (χ0) is 10.9. The molecule has 3 heteroatoms. The molecule has 0 bridgehead atoms. The number of aromatic hydroxyl groups is 1. The van der Waals surface area contributed by atoms with Crippen LogP contribution in [0.1, 0.15) is 25.3 Å². The molecule has 2 unspecified atom stereocenters. The molecule has 0 spiro atoms. The van der Waals surface area contributed by atoms with Gasteiger partial charge in [-0.05, 0) is 44.0 Å². The van der Waals surface area contributed by atoms with Crippen LogP contribution in [-0.2, 0) is 5.60 Å². The van der Waals surface area contributed by atoms with Crippen molar-refractivity contribution in [1.82, 2.24) is 5.32 Å². The van der Waals surface area contributed by atoms with E-state index in [1.54, 1.807) is 24.3 Å². The summed E-state index contributed by atoms with van der Waals surface area (Å²) in [7, 11) is 0. The number of phenolic OH excluding ortho intramolecular Hbond substituents is 1. The lowest BCUT2D eigenvalue weighted by Gasteiger charge is -2.30. The van der Waals surface area contributed by atoms with Gasteiger partial charge in [0.2, 0.25) is 0 Å². The largest absolute Gasteiger partial charge is 0.508 e. The van der Waals surface area contributed by atoms with Gasteiger partial charge in [0.05, 0.1) is 0 Å². The SMILES string of the molecule is CC(O)(c1ccc(O)cc1)C1CCCN1. The third kappa shape index (κ3) is 1.98. The highest BCUT2D eigenvalue weighted by Crippen LogP contribution is 2.30. The van der Waals surface area contributed by atoms with E-state index in [1.165, 1.54) is 0 Å². The highest BCUT2D eigenvalue weighted by Gasteiger charge is 2.35. The Morgan fingerprint density at radius 1 is 1.33 bits per heavy atom. The Labute approximate surface area is 89.8 Å². The molecule has 1 heterocycles. The van der Waals surface area contributed by atoms with E-state index in [-0.39, 0.29) is 11.8 Å². The lowest BCUT2D eigenvalue weighted by Crippen LogP contribution is -2.42. The Hall–Kier alpha value is -1.06. The summed E-state index contributed by atoms with van der Waals surface area (Å²) < 4.78 is 0. The van der Waals surface area contributed by atoms with E-state index in [1.807, 2.05) is 6.92 Å². The maximum absolute atomic E-state index is 10.4. The van der Waals surface area contributed by atoms with Gasteiger partial charge in [0, 0.05) is 6.04 Å². The maximum Gasteiger partial charge on any atom is 0.115 e. The molecule has 1 aromatic rings. The van der Waals surface area contributed by atoms with Crippen molar-refractivity contribution >= 4 is 0 Å². The van der Waals surface area contributed by atoms with Crippen molar-refractivity contribution in [1.29, 1.82) is 0 Å². The lowest BCUT2D eigenvalue weighted by molar-refractivity contribution is 0.0218. The number of hydrogen-bond acceptors (Lipinski definition) is 3. The fraction of sp³-hybridized carbons (Fsp3) is 0.500. The highest BCUT2D eigenvalue weighted by molar-refractivity contribution is 5.30. The average Bonchev–Trinajstić information content (AvgIpc) is 2.71. The summed E-state index contributed by atoms with van der Waals surface area (Å²) in [4.78, 5) is 0. The third-order valence-corrected chi connectivity index (χ3v) is 3.19. The minimum absolute atomic E-state index is 0.113. The molecule has 3 N–H and O–H groups in total. The van der Waals surface area contributed by atoms with E-state index >= 15 is 0 Å². The normalized spacial score (nSPS) is 25.1. The van der Waals surface area contributed by atoms with Crippen LogP contribution in [0.2, 0.25) is 0 Å². The Balaban J connectivity index is 2.23. The van der Waals surface area contributed by atoms with Crippen molar-refractivity contribution < 1.29 is 10.2 Å². The first-order valence-corrected chi connectivity index (χ1v) is 5.36. The fourth-order valence-corrected chi connectivity index (χ4v) is 2.16. The van der Waals surface area contributed by atoms with Crippen molar-refractivity contribution in [2.24, 2.45) is 0 Å². The first kappa shape index (κ1) is 10.5. The van der Waals surface area contributed by atoms with Gasteiger partial charge < -0.3 is 15.5 Å². The number of aliphatic hydroxyl groups is 1. The van der Waals surface area contributed by atoms with E-state index in [9.17, 15) is 10.2 Å². The van der Waals surface area contributed by atoms with E-state index < -0.39 is 5.60 Å². The molecule has 2 atom stereocenters. The molecule has 1 aliphatic rings. The van der Waals surface area contributed by atoms with Crippen molar-refractivity contribution in [3.05, 3.63) is 29.8 Å². The summed E-state index contributed by atoms with van der Waals surface area (Å²) in [6, 6.07) is 6.88. The van der Waals surface area contributed by atoms with Gasteiger partial charge in [-0.15, -0.1) is 0 Å². The molecule has 1 fully saturated rings. The molecule has 1 aromatic carbocycles. The zero-order valence-electron chi connectivity index (χ0n) is 8.90. The van der Waals surface area contributed by atoms with Crippen molar-refractivity contribution in [2.75, 3.05) is 6.54 Å². The monoisotopic (exact) mass is 207 g/mol. The summed E-state index contributed by atoms with van der Waals surface area (Å²) in [5, 5.41) is 22.9. The molecule has 1 aliphatic heterocycles. The molecular formula is C12H17NO2. The smallest absolute Gasteiger partial charge is 0.115 e. The second-order valence-corrected chi connectivity index (χ2v) is 4.34. The van der Waals surface area contributed by atoms with Crippen molar-refractivity contribution in [3.63, 3.8) is 0 Å². The summed E-state index contributed by atoms with van der Waals surface area (Å²) in [6.45, 7) is 2.79. The molecule has 0 saturated carbocycles. The van der Waals surface area contributed by atoms with Crippen LogP contribution in [-0.4, -0.2) is 22.8 Å². The van der Waals surface area contributed by atoms with E-state index in [0.29, 0.717) is 0 Å². The molecule has 0 amide bonds. The number of phenols is 1. The lowest BCUT2D eigenvalue weighted by atomic mass is 9.87. The van der Waals surface area contributed by atoms with Gasteiger partial charge >= 0.3 is 0 Å². The highest BCUT2D eigenvalue weighted by atomic mass is 16.3. The molecule has 1 saturated heterocycles. The minimum Gasteiger partial charge on any atom is -0.508 e. The van der Waals surface area contributed by atoms with E-state index in [4.69, 9.17) is 0 Å². The fourth-order valence-electron chi connectivity index (χ4n) is 2.16. The summed E-state index contributed by atoms with van der Waals surface area (Å²) in [6.07, 6.45) is 2.10. The van der Waals surface area contributed by atoms with Gasteiger partial charge in [-0.3, -0.25) is 0 Å². The number of nitrogens with one attached hydrogen (secondary N) is 1. The second kappa shape index (κ2) is 3.83. The van der Waals surface area contributed by atoms with Gasteiger partial charge in [0.25, 0.3) is 0 Å².